The summed E-state index contributed by atoms with van der Waals surface area (Å²) in [7, 11) is 4.10. The zero-order chi connectivity index (χ0) is 20.4. The standard InChI is InChI=1S/C24H30N4O/c1-16(24(29)27-18-10-11-18)25-14-21(17-8-12-19(13-9-17)28(2)3)22-15-26-23-7-5-4-6-20(22)23/h4-9,12-13,15-16,18,21,25-26H,10-11,14H2,1-3H3,(H,27,29)/t16-,21+/m0/s1. The normalized spacial score (nSPS) is 15.8. The quantitative estimate of drug-likeness (QED) is 0.551. The van der Waals surface area contributed by atoms with E-state index in [0.29, 0.717) is 12.6 Å². The van der Waals surface area contributed by atoms with E-state index in [1.807, 2.05) is 27.1 Å². The number of nitrogens with one attached hydrogen (secondary N) is 3. The molecule has 5 nitrogen and oxygen atoms in total. The molecule has 0 radical (unpaired) electrons. The number of para-hydroxylation sites is 1. The van der Waals surface area contributed by atoms with Crippen molar-refractivity contribution in [1.82, 2.24) is 15.6 Å². The lowest BCUT2D eigenvalue weighted by Gasteiger charge is -2.22. The van der Waals surface area contributed by atoms with Gasteiger partial charge in [0.1, 0.15) is 0 Å². The molecular formula is C24H30N4O. The van der Waals surface area contributed by atoms with Crippen LogP contribution in [0.5, 0.6) is 0 Å². The number of aromatic nitrogens is 1. The Kier molecular flexibility index (Phi) is 5.58. The first-order chi connectivity index (χ1) is 14.0. The molecule has 0 spiro atoms. The molecular weight excluding hydrogens is 360 g/mol. The van der Waals surface area contributed by atoms with Gasteiger partial charge in [-0.3, -0.25) is 4.79 Å². The number of rotatable bonds is 8. The minimum atomic E-state index is -0.218. The first kappa shape index (κ1) is 19.5. The first-order valence-corrected chi connectivity index (χ1v) is 10.4. The highest BCUT2D eigenvalue weighted by Gasteiger charge is 2.26. The summed E-state index contributed by atoms with van der Waals surface area (Å²) >= 11 is 0. The van der Waals surface area contributed by atoms with E-state index in [2.05, 4.69) is 69.2 Å². The molecule has 2 atom stereocenters. The van der Waals surface area contributed by atoms with Crippen LogP contribution in [0.3, 0.4) is 0 Å². The number of fused-ring (bicyclic) bond motifs is 1. The lowest BCUT2D eigenvalue weighted by atomic mass is 9.90. The highest BCUT2D eigenvalue weighted by atomic mass is 16.2. The number of anilines is 1. The zero-order valence-electron chi connectivity index (χ0n) is 17.4. The molecule has 152 valence electrons. The second kappa shape index (κ2) is 8.29. The van der Waals surface area contributed by atoms with Crippen LogP contribution in [0.2, 0.25) is 0 Å². The number of hydrogen-bond acceptors (Lipinski definition) is 3. The molecule has 1 amide bonds. The van der Waals surface area contributed by atoms with Crippen LogP contribution in [0, 0.1) is 0 Å². The minimum Gasteiger partial charge on any atom is -0.378 e. The van der Waals surface area contributed by atoms with Gasteiger partial charge in [0.2, 0.25) is 5.91 Å². The van der Waals surface area contributed by atoms with E-state index < -0.39 is 0 Å². The molecule has 3 aromatic rings. The molecule has 0 unspecified atom stereocenters. The monoisotopic (exact) mass is 390 g/mol. The molecule has 3 N–H and O–H groups in total. The summed E-state index contributed by atoms with van der Waals surface area (Å²) in [5.41, 5.74) is 4.80. The van der Waals surface area contributed by atoms with Crippen LogP contribution >= 0.6 is 0 Å². The maximum atomic E-state index is 12.4. The largest absolute Gasteiger partial charge is 0.378 e. The number of aromatic amines is 1. The molecule has 0 bridgehead atoms. The number of hydrogen-bond donors (Lipinski definition) is 3. The van der Waals surface area contributed by atoms with Crippen molar-refractivity contribution in [3.8, 4) is 0 Å². The Balaban J connectivity index is 1.59. The van der Waals surface area contributed by atoms with Gasteiger partial charge in [0, 0.05) is 55.4 Å². The average Bonchev–Trinajstić information content (AvgIpc) is 3.45. The maximum absolute atomic E-state index is 12.4. The van der Waals surface area contributed by atoms with Crippen LogP contribution in [-0.2, 0) is 4.79 Å². The van der Waals surface area contributed by atoms with Crippen LogP contribution in [0.15, 0.2) is 54.7 Å². The Labute approximate surface area is 172 Å². The summed E-state index contributed by atoms with van der Waals surface area (Å²) in [6.07, 6.45) is 4.31. The topological polar surface area (TPSA) is 60.2 Å². The van der Waals surface area contributed by atoms with Gasteiger partial charge >= 0.3 is 0 Å². The number of carbonyl (C=O) groups is 1. The van der Waals surface area contributed by atoms with Crippen molar-refractivity contribution in [3.05, 3.63) is 65.9 Å². The lowest BCUT2D eigenvalue weighted by molar-refractivity contribution is -0.122. The molecule has 29 heavy (non-hydrogen) atoms. The average molecular weight is 391 g/mol. The van der Waals surface area contributed by atoms with Gasteiger partial charge in [-0.25, -0.2) is 0 Å². The fourth-order valence-electron chi connectivity index (χ4n) is 3.74. The van der Waals surface area contributed by atoms with Gasteiger partial charge in [-0.1, -0.05) is 30.3 Å². The molecule has 5 heteroatoms. The number of H-pyrrole nitrogens is 1. The van der Waals surface area contributed by atoms with Crippen molar-refractivity contribution in [2.45, 2.75) is 37.8 Å². The van der Waals surface area contributed by atoms with Crippen LogP contribution < -0.4 is 15.5 Å². The number of nitrogens with zero attached hydrogens (tertiary/aromatic N) is 1. The van der Waals surface area contributed by atoms with Gasteiger partial charge in [-0.2, -0.15) is 0 Å². The number of benzene rings is 2. The van der Waals surface area contributed by atoms with E-state index >= 15 is 0 Å². The van der Waals surface area contributed by atoms with E-state index in [1.54, 1.807) is 0 Å². The van der Waals surface area contributed by atoms with Crippen LogP contribution in [0.25, 0.3) is 10.9 Å². The third-order valence-electron chi connectivity index (χ3n) is 5.75. The Bertz CT molecular complexity index is 972. The molecule has 1 aliphatic rings. The van der Waals surface area contributed by atoms with E-state index in [0.717, 1.165) is 18.4 Å². The highest BCUT2D eigenvalue weighted by molar-refractivity contribution is 5.84. The fourth-order valence-corrected chi connectivity index (χ4v) is 3.74. The van der Waals surface area contributed by atoms with Crippen LogP contribution in [0.4, 0.5) is 5.69 Å². The van der Waals surface area contributed by atoms with E-state index in [9.17, 15) is 4.79 Å². The van der Waals surface area contributed by atoms with Crippen molar-refractivity contribution in [2.75, 3.05) is 25.5 Å². The van der Waals surface area contributed by atoms with Gasteiger partial charge in [-0.05, 0) is 49.1 Å². The van der Waals surface area contributed by atoms with Crippen molar-refractivity contribution in [1.29, 1.82) is 0 Å². The zero-order valence-corrected chi connectivity index (χ0v) is 17.4. The summed E-state index contributed by atoms with van der Waals surface area (Å²) < 4.78 is 0. The Morgan fingerprint density at radius 1 is 1.14 bits per heavy atom. The van der Waals surface area contributed by atoms with Crippen molar-refractivity contribution in [3.63, 3.8) is 0 Å². The van der Waals surface area contributed by atoms with Gasteiger partial charge in [0.15, 0.2) is 0 Å². The maximum Gasteiger partial charge on any atom is 0.237 e. The van der Waals surface area contributed by atoms with Crippen molar-refractivity contribution >= 4 is 22.5 Å². The van der Waals surface area contributed by atoms with Gasteiger partial charge in [0.05, 0.1) is 6.04 Å². The SMILES string of the molecule is C[C@H](NC[C@H](c1ccc(N(C)C)cc1)c1c[nH]c2ccccc12)C(=O)NC1CC1. The summed E-state index contributed by atoms with van der Waals surface area (Å²) in [6, 6.07) is 17.2. The number of carbonyl (C=O) groups excluding carboxylic acids is 1. The first-order valence-electron chi connectivity index (χ1n) is 10.4. The summed E-state index contributed by atoms with van der Waals surface area (Å²) in [6.45, 7) is 2.64. The number of amides is 1. The Morgan fingerprint density at radius 3 is 2.55 bits per heavy atom. The van der Waals surface area contributed by atoms with Crippen LogP contribution in [-0.4, -0.2) is 43.6 Å². The van der Waals surface area contributed by atoms with Gasteiger partial charge in [0.25, 0.3) is 0 Å². The smallest absolute Gasteiger partial charge is 0.237 e. The third kappa shape index (κ3) is 4.46. The third-order valence-corrected chi connectivity index (χ3v) is 5.75. The molecule has 0 aliphatic heterocycles. The highest BCUT2D eigenvalue weighted by Crippen LogP contribution is 2.31. The van der Waals surface area contributed by atoms with Crippen molar-refractivity contribution < 1.29 is 4.79 Å². The van der Waals surface area contributed by atoms with Gasteiger partial charge < -0.3 is 20.5 Å². The molecule has 1 fully saturated rings. The van der Waals surface area contributed by atoms with E-state index in [-0.39, 0.29) is 17.9 Å². The van der Waals surface area contributed by atoms with Gasteiger partial charge in [-0.15, -0.1) is 0 Å². The molecule has 1 aliphatic carbocycles. The molecule has 0 saturated heterocycles. The molecule has 2 aromatic carbocycles. The second-order valence-electron chi connectivity index (χ2n) is 8.24. The summed E-state index contributed by atoms with van der Waals surface area (Å²) in [5.74, 6) is 0.242. The molecule has 4 rings (SSSR count). The summed E-state index contributed by atoms with van der Waals surface area (Å²) in [5, 5.41) is 7.78. The summed E-state index contributed by atoms with van der Waals surface area (Å²) in [4.78, 5) is 17.9. The van der Waals surface area contributed by atoms with Crippen molar-refractivity contribution in [2.24, 2.45) is 0 Å². The predicted molar refractivity (Wildman–Crippen MR) is 120 cm³/mol. The predicted octanol–water partition coefficient (Wildman–Crippen LogP) is 3.62. The van der Waals surface area contributed by atoms with E-state index in [4.69, 9.17) is 0 Å². The van der Waals surface area contributed by atoms with E-state index in [1.165, 1.54) is 22.2 Å². The fraction of sp³-hybridized carbons (Fsp3) is 0.375. The molecule has 1 aromatic heterocycles. The minimum absolute atomic E-state index is 0.0909. The Morgan fingerprint density at radius 2 is 1.86 bits per heavy atom. The molecule has 1 saturated carbocycles. The Hall–Kier alpha value is -2.79. The lowest BCUT2D eigenvalue weighted by Crippen LogP contribution is -2.44. The van der Waals surface area contributed by atoms with Crippen LogP contribution in [0.1, 0.15) is 36.8 Å². The second-order valence-corrected chi connectivity index (χ2v) is 8.24. The molecule has 1 heterocycles.